The fraction of sp³-hybridized carbons (Fsp3) is 0.500. The van der Waals surface area contributed by atoms with Crippen LogP contribution < -0.4 is 5.32 Å². The van der Waals surface area contributed by atoms with Gasteiger partial charge in [0.25, 0.3) is 0 Å². The van der Waals surface area contributed by atoms with E-state index >= 15 is 0 Å². The van der Waals surface area contributed by atoms with Crippen LogP contribution >= 0.6 is 11.8 Å². The molecule has 0 radical (unpaired) electrons. The number of aromatic carboxylic acids is 1. The number of hydrogen-bond acceptors (Lipinski definition) is 3. The number of carbonyl (C=O) groups is 1. The highest BCUT2D eigenvalue weighted by atomic mass is 32.2. The van der Waals surface area contributed by atoms with E-state index in [4.69, 9.17) is 5.11 Å². The normalized spacial score (nSPS) is 23.1. The minimum absolute atomic E-state index is 0.00647. The molecule has 104 valence electrons. The van der Waals surface area contributed by atoms with Gasteiger partial charge in [-0.15, -0.1) is 0 Å². The second kappa shape index (κ2) is 6.28. The van der Waals surface area contributed by atoms with Gasteiger partial charge in [0.15, 0.2) is 0 Å². The van der Waals surface area contributed by atoms with E-state index in [2.05, 4.69) is 11.6 Å². The molecule has 1 aromatic carbocycles. The lowest BCUT2D eigenvalue weighted by Crippen LogP contribution is -2.28. The molecular formula is C14H18FNO2S. The Bertz CT molecular complexity index is 459. The lowest BCUT2D eigenvalue weighted by atomic mass is 9.94. The zero-order chi connectivity index (χ0) is 13.8. The van der Waals surface area contributed by atoms with Gasteiger partial charge in [0, 0.05) is 11.3 Å². The molecule has 5 heteroatoms. The largest absolute Gasteiger partial charge is 0.478 e. The summed E-state index contributed by atoms with van der Waals surface area (Å²) in [6.07, 6.45) is 6.21. The highest BCUT2D eigenvalue weighted by molar-refractivity contribution is 7.99. The minimum Gasteiger partial charge on any atom is -0.478 e. The Hall–Kier alpha value is -1.23. The molecule has 0 heterocycles. The molecule has 0 unspecified atom stereocenters. The maximum atomic E-state index is 13.8. The number of thioether (sulfide) groups is 1. The van der Waals surface area contributed by atoms with Crippen molar-refractivity contribution in [2.24, 2.45) is 0 Å². The number of benzene rings is 1. The van der Waals surface area contributed by atoms with Crippen LogP contribution in [0.3, 0.4) is 0 Å². The molecule has 1 aromatic rings. The summed E-state index contributed by atoms with van der Waals surface area (Å²) in [6.45, 7) is 0. The molecule has 1 saturated carbocycles. The molecule has 0 atom stereocenters. The van der Waals surface area contributed by atoms with Crippen LogP contribution in [-0.2, 0) is 0 Å². The van der Waals surface area contributed by atoms with Crippen LogP contribution in [-0.4, -0.2) is 28.6 Å². The van der Waals surface area contributed by atoms with Crippen molar-refractivity contribution in [3.8, 4) is 0 Å². The van der Waals surface area contributed by atoms with Crippen molar-refractivity contribution in [1.82, 2.24) is 0 Å². The predicted molar refractivity (Wildman–Crippen MR) is 76.5 cm³/mol. The highest BCUT2D eigenvalue weighted by Gasteiger charge is 2.23. The second-order valence-electron chi connectivity index (χ2n) is 4.82. The van der Waals surface area contributed by atoms with Crippen LogP contribution in [0.15, 0.2) is 18.2 Å². The third-order valence-electron chi connectivity index (χ3n) is 3.60. The topological polar surface area (TPSA) is 49.3 Å². The van der Waals surface area contributed by atoms with E-state index < -0.39 is 11.8 Å². The highest BCUT2D eigenvalue weighted by Crippen LogP contribution is 2.30. The van der Waals surface area contributed by atoms with Crippen LogP contribution in [0.25, 0.3) is 0 Å². The molecule has 0 amide bonds. The molecule has 19 heavy (non-hydrogen) atoms. The lowest BCUT2D eigenvalue weighted by Gasteiger charge is -2.29. The first kappa shape index (κ1) is 14.2. The van der Waals surface area contributed by atoms with Gasteiger partial charge in [0.05, 0.1) is 11.3 Å². The molecule has 1 aliphatic rings. The van der Waals surface area contributed by atoms with Crippen molar-refractivity contribution in [1.29, 1.82) is 0 Å². The number of anilines is 1. The van der Waals surface area contributed by atoms with Crippen molar-refractivity contribution < 1.29 is 14.3 Å². The van der Waals surface area contributed by atoms with E-state index in [1.165, 1.54) is 18.2 Å². The number of nitrogens with one attached hydrogen (secondary N) is 1. The van der Waals surface area contributed by atoms with Crippen molar-refractivity contribution in [2.45, 2.75) is 37.0 Å². The van der Waals surface area contributed by atoms with Crippen LogP contribution in [0.5, 0.6) is 0 Å². The number of para-hydroxylation sites is 1. The molecule has 2 N–H and O–H groups in total. The Morgan fingerprint density at radius 2 is 2.05 bits per heavy atom. The van der Waals surface area contributed by atoms with Gasteiger partial charge in [0.2, 0.25) is 0 Å². The summed E-state index contributed by atoms with van der Waals surface area (Å²) in [5.74, 6) is -1.59. The van der Waals surface area contributed by atoms with Crippen LogP contribution in [0.2, 0.25) is 0 Å². The number of rotatable bonds is 4. The Balaban J connectivity index is 2.09. The van der Waals surface area contributed by atoms with Crippen molar-refractivity contribution in [2.75, 3.05) is 11.6 Å². The van der Waals surface area contributed by atoms with Gasteiger partial charge in [-0.2, -0.15) is 11.8 Å². The zero-order valence-electron chi connectivity index (χ0n) is 10.9. The zero-order valence-corrected chi connectivity index (χ0v) is 11.7. The third-order valence-corrected chi connectivity index (χ3v) is 4.74. The summed E-state index contributed by atoms with van der Waals surface area (Å²) >= 11 is 1.87. The van der Waals surface area contributed by atoms with Crippen molar-refractivity contribution in [3.05, 3.63) is 29.6 Å². The van der Waals surface area contributed by atoms with Crippen molar-refractivity contribution >= 4 is 23.4 Å². The van der Waals surface area contributed by atoms with Gasteiger partial charge >= 0.3 is 5.97 Å². The molecule has 0 spiro atoms. The van der Waals surface area contributed by atoms with Crippen LogP contribution in [0, 0.1) is 5.82 Å². The number of carboxylic acids is 1. The van der Waals surface area contributed by atoms with E-state index in [1.807, 2.05) is 11.8 Å². The minimum atomic E-state index is -1.10. The Labute approximate surface area is 116 Å². The van der Waals surface area contributed by atoms with Gasteiger partial charge in [-0.3, -0.25) is 0 Å². The fourth-order valence-corrected chi connectivity index (χ4v) is 3.24. The first-order valence-corrected chi connectivity index (χ1v) is 7.71. The van der Waals surface area contributed by atoms with Crippen molar-refractivity contribution in [3.63, 3.8) is 0 Å². The number of carboxylic acid groups (broad SMARTS) is 1. The van der Waals surface area contributed by atoms with Gasteiger partial charge in [-0.05, 0) is 44.1 Å². The average molecular weight is 283 g/mol. The van der Waals surface area contributed by atoms with Crippen LogP contribution in [0.4, 0.5) is 10.1 Å². The molecule has 0 saturated heterocycles. The summed E-state index contributed by atoms with van der Waals surface area (Å²) in [5.41, 5.74) is 0.134. The Morgan fingerprint density at radius 3 is 2.63 bits per heavy atom. The summed E-state index contributed by atoms with van der Waals surface area (Å²) in [4.78, 5) is 11.1. The summed E-state index contributed by atoms with van der Waals surface area (Å²) in [5, 5.41) is 12.8. The summed E-state index contributed by atoms with van der Waals surface area (Å²) in [6, 6.07) is 4.32. The smallest absolute Gasteiger partial charge is 0.337 e. The molecule has 3 nitrogen and oxygen atoms in total. The molecule has 0 aliphatic heterocycles. The monoisotopic (exact) mass is 283 g/mol. The SMILES string of the molecule is CSC1CCC(Nc2c(F)cccc2C(=O)O)CC1. The van der Waals surface area contributed by atoms with E-state index in [1.54, 1.807) is 0 Å². The molecular weight excluding hydrogens is 265 g/mol. The van der Waals surface area contributed by atoms with E-state index in [9.17, 15) is 9.18 Å². The lowest BCUT2D eigenvalue weighted by molar-refractivity contribution is 0.0697. The maximum Gasteiger partial charge on any atom is 0.337 e. The third kappa shape index (κ3) is 3.41. The molecule has 1 aliphatic carbocycles. The van der Waals surface area contributed by atoms with Gasteiger partial charge in [-0.1, -0.05) is 6.07 Å². The fourth-order valence-electron chi connectivity index (χ4n) is 2.50. The first-order valence-electron chi connectivity index (χ1n) is 6.43. The standard InChI is InChI=1S/C14H18FNO2S/c1-19-10-7-5-9(6-8-10)16-13-11(14(17)18)3-2-4-12(13)15/h2-4,9-10,16H,5-8H2,1H3,(H,17,18). The number of halogens is 1. The predicted octanol–water partition coefficient (Wildman–Crippen LogP) is 3.61. The van der Waals surface area contributed by atoms with Gasteiger partial charge < -0.3 is 10.4 Å². The van der Waals surface area contributed by atoms with E-state index in [0.717, 1.165) is 25.7 Å². The Morgan fingerprint density at radius 1 is 1.37 bits per heavy atom. The molecule has 0 aromatic heterocycles. The molecule has 1 fully saturated rings. The maximum absolute atomic E-state index is 13.8. The summed E-state index contributed by atoms with van der Waals surface area (Å²) < 4.78 is 13.8. The van der Waals surface area contributed by atoms with Gasteiger partial charge in [0.1, 0.15) is 5.82 Å². The first-order chi connectivity index (χ1) is 9.11. The van der Waals surface area contributed by atoms with E-state index in [0.29, 0.717) is 5.25 Å². The quantitative estimate of drug-likeness (QED) is 0.886. The number of hydrogen-bond donors (Lipinski definition) is 2. The Kier molecular flexibility index (Phi) is 4.69. The van der Waals surface area contributed by atoms with E-state index in [-0.39, 0.29) is 17.3 Å². The van der Waals surface area contributed by atoms with Crippen LogP contribution in [0.1, 0.15) is 36.0 Å². The molecule has 2 rings (SSSR count). The molecule has 0 bridgehead atoms. The van der Waals surface area contributed by atoms with Gasteiger partial charge in [-0.25, -0.2) is 9.18 Å². The summed E-state index contributed by atoms with van der Waals surface area (Å²) in [7, 11) is 0. The average Bonchev–Trinajstić information content (AvgIpc) is 2.41. The second-order valence-corrected chi connectivity index (χ2v) is 5.96.